The number of amides is 3. The van der Waals surface area contributed by atoms with E-state index in [4.69, 9.17) is 15.2 Å². The molecule has 2 atom stereocenters. The Balaban J connectivity index is 0.774. The molecule has 4 fully saturated rings. The molecule has 7 heterocycles. The Morgan fingerprint density at radius 1 is 1.03 bits per heavy atom. The lowest BCUT2D eigenvalue weighted by Crippen LogP contribution is -2.42. The molecule has 1 saturated carbocycles. The van der Waals surface area contributed by atoms with Crippen molar-refractivity contribution < 1.29 is 32.6 Å². The van der Waals surface area contributed by atoms with Gasteiger partial charge in [0.1, 0.15) is 23.9 Å². The van der Waals surface area contributed by atoms with Crippen LogP contribution in [0.2, 0.25) is 0 Å². The van der Waals surface area contributed by atoms with Crippen LogP contribution in [-0.4, -0.2) is 109 Å². The second-order valence-electron chi connectivity index (χ2n) is 16.5. The summed E-state index contributed by atoms with van der Waals surface area (Å²) in [4.78, 5) is 45.5. The minimum atomic E-state index is -2.79. The highest BCUT2D eigenvalue weighted by molar-refractivity contribution is 6.01. The van der Waals surface area contributed by atoms with Gasteiger partial charge in [-0.2, -0.15) is 15.3 Å². The SMILES string of the molecule is Cc1nn([C@@H]2CCC(=O)NC2=O)c2cccc(C#CCOC3CCN(CC4CCC(n5cc(N6CCOC[C@H]6c6nn7cccnc7c6C(N)=O)c(C(F)F)n5)CC4)CC3)c12. The zero-order chi connectivity index (χ0) is 42.2. The number of rotatable bonds is 10. The van der Waals surface area contributed by atoms with E-state index in [0.717, 1.165) is 80.3 Å². The van der Waals surface area contributed by atoms with Crippen molar-refractivity contribution in [2.75, 3.05) is 50.9 Å². The number of piperidine rings is 2. The third-order valence-corrected chi connectivity index (χ3v) is 12.6. The summed E-state index contributed by atoms with van der Waals surface area (Å²) in [7, 11) is 0. The van der Waals surface area contributed by atoms with Crippen LogP contribution in [-0.2, 0) is 19.1 Å². The van der Waals surface area contributed by atoms with Crippen molar-refractivity contribution >= 4 is 40.0 Å². The van der Waals surface area contributed by atoms with Gasteiger partial charge in [0.15, 0.2) is 11.3 Å². The standard InChI is InChI=1S/C43H49F2N11O5/c1-26-36-28(5-2-7-31(36)56(49-26)32-12-13-35(57)48-43(32)59)6-3-21-61-30-14-18-52(19-15-30)23-27-8-10-29(11-9-27)55-24-33(39(51-55)40(44)45)53-20-22-60-25-34(53)38-37(41(46)58)42-47-16-4-17-54(42)50-38/h2,4-5,7,16-17,24,27,29-30,32,34,40H,8-15,18-23,25H2,1H3,(H2,46,58)(H,48,57,59)/t27?,29?,32-,34+/m1/s1. The number of carbonyl (C=O) groups excluding carboxylic acids is 3. The van der Waals surface area contributed by atoms with Crippen LogP contribution in [0.5, 0.6) is 0 Å². The molecule has 16 nitrogen and oxygen atoms in total. The molecule has 3 amide bonds. The largest absolute Gasteiger partial charge is 0.377 e. The number of hydrogen-bond donors (Lipinski definition) is 2. The Morgan fingerprint density at radius 2 is 1.85 bits per heavy atom. The number of fused-ring (bicyclic) bond motifs is 2. The monoisotopic (exact) mass is 837 g/mol. The van der Waals surface area contributed by atoms with E-state index in [2.05, 4.69) is 42.3 Å². The molecule has 0 unspecified atom stereocenters. The van der Waals surface area contributed by atoms with E-state index in [1.54, 1.807) is 34.0 Å². The maximum Gasteiger partial charge on any atom is 0.284 e. The number of ether oxygens (including phenoxy) is 2. The summed E-state index contributed by atoms with van der Waals surface area (Å²) >= 11 is 0. The van der Waals surface area contributed by atoms with Crippen LogP contribution in [0.25, 0.3) is 16.6 Å². The molecule has 4 aliphatic rings. The van der Waals surface area contributed by atoms with Gasteiger partial charge in [0.2, 0.25) is 5.91 Å². The van der Waals surface area contributed by atoms with Gasteiger partial charge in [0.25, 0.3) is 18.2 Å². The number of anilines is 1. The summed E-state index contributed by atoms with van der Waals surface area (Å²) in [6, 6.07) is 6.30. The molecular weight excluding hydrogens is 789 g/mol. The second kappa shape index (κ2) is 17.3. The van der Waals surface area contributed by atoms with Gasteiger partial charge < -0.3 is 25.0 Å². The Morgan fingerprint density at radius 3 is 2.62 bits per heavy atom. The minimum Gasteiger partial charge on any atom is -0.377 e. The number of hydrogen-bond acceptors (Lipinski definition) is 11. The number of nitrogens with two attached hydrogens (primary N) is 1. The number of primary amides is 1. The van der Waals surface area contributed by atoms with E-state index >= 15 is 0 Å². The number of carbonyl (C=O) groups is 3. The minimum absolute atomic E-state index is 0.000212. The highest BCUT2D eigenvalue weighted by Gasteiger charge is 2.37. The number of morpholine rings is 1. The lowest BCUT2D eigenvalue weighted by atomic mass is 9.85. The van der Waals surface area contributed by atoms with Crippen molar-refractivity contribution in [1.29, 1.82) is 0 Å². The lowest BCUT2D eigenvalue weighted by molar-refractivity contribution is -0.135. The van der Waals surface area contributed by atoms with Gasteiger partial charge >= 0.3 is 0 Å². The summed E-state index contributed by atoms with van der Waals surface area (Å²) in [5.74, 6) is 5.67. The highest BCUT2D eigenvalue weighted by atomic mass is 19.3. The van der Waals surface area contributed by atoms with Crippen molar-refractivity contribution in [2.45, 2.75) is 88.9 Å². The third kappa shape index (κ3) is 8.21. The average molecular weight is 838 g/mol. The summed E-state index contributed by atoms with van der Waals surface area (Å²) in [5, 5.41) is 17.0. The first kappa shape index (κ1) is 40.6. The zero-order valence-electron chi connectivity index (χ0n) is 34.0. The van der Waals surface area contributed by atoms with Crippen molar-refractivity contribution in [3.05, 3.63) is 71.1 Å². The average Bonchev–Trinajstić information content (AvgIpc) is 3.98. The Kier molecular flexibility index (Phi) is 11.5. The normalized spacial score (nSPS) is 23.1. The number of benzene rings is 1. The van der Waals surface area contributed by atoms with Crippen LogP contribution in [0.3, 0.4) is 0 Å². The number of nitrogens with one attached hydrogen (secondary N) is 1. The number of alkyl halides is 2. The predicted molar refractivity (Wildman–Crippen MR) is 219 cm³/mol. The Hall–Kier alpha value is -5.77. The van der Waals surface area contributed by atoms with Gasteiger partial charge in [-0.05, 0) is 76.0 Å². The van der Waals surface area contributed by atoms with E-state index in [-0.39, 0.29) is 48.2 Å². The molecule has 3 N–H and O–H groups in total. The molecular formula is C43H49F2N11O5. The number of nitrogens with zero attached hydrogens (tertiary/aromatic N) is 9. The maximum atomic E-state index is 14.6. The van der Waals surface area contributed by atoms with Crippen LogP contribution < -0.4 is 16.0 Å². The summed E-state index contributed by atoms with van der Waals surface area (Å²) in [6.07, 6.45) is 8.46. The number of likely N-dealkylation sites (tertiary alicyclic amines) is 1. The van der Waals surface area contributed by atoms with E-state index in [1.165, 1.54) is 4.52 Å². The van der Waals surface area contributed by atoms with Crippen molar-refractivity contribution in [3.8, 4) is 11.8 Å². The van der Waals surface area contributed by atoms with E-state index in [0.29, 0.717) is 49.1 Å². The van der Waals surface area contributed by atoms with E-state index in [1.807, 2.05) is 30.0 Å². The second-order valence-corrected chi connectivity index (χ2v) is 16.5. The van der Waals surface area contributed by atoms with Gasteiger partial charge in [-0.3, -0.25) is 29.1 Å². The molecule has 0 bridgehead atoms. The molecule has 4 aromatic heterocycles. The fraction of sp³-hybridized carbons (Fsp3) is 0.512. The smallest absolute Gasteiger partial charge is 0.284 e. The lowest BCUT2D eigenvalue weighted by Gasteiger charge is -2.37. The molecule has 61 heavy (non-hydrogen) atoms. The van der Waals surface area contributed by atoms with Gasteiger partial charge in [0, 0.05) is 62.1 Å². The predicted octanol–water partition coefficient (Wildman–Crippen LogP) is 4.44. The first-order valence-electron chi connectivity index (χ1n) is 21.1. The molecule has 320 valence electrons. The zero-order valence-corrected chi connectivity index (χ0v) is 34.0. The third-order valence-electron chi connectivity index (χ3n) is 12.6. The number of imide groups is 1. The number of halogens is 2. The molecule has 5 aromatic rings. The van der Waals surface area contributed by atoms with E-state index < -0.39 is 24.4 Å². The molecule has 1 aromatic carbocycles. The topological polar surface area (TPSA) is 180 Å². The number of aryl methyl sites for hydroxylation is 1. The quantitative estimate of drug-likeness (QED) is 0.150. The molecule has 3 saturated heterocycles. The highest BCUT2D eigenvalue weighted by Crippen LogP contribution is 2.40. The fourth-order valence-electron chi connectivity index (χ4n) is 9.59. The first-order chi connectivity index (χ1) is 29.6. The summed E-state index contributed by atoms with van der Waals surface area (Å²) < 4.78 is 46.2. The summed E-state index contributed by atoms with van der Waals surface area (Å²) in [5.41, 5.74) is 9.02. The van der Waals surface area contributed by atoms with Crippen LogP contribution in [0.4, 0.5) is 14.5 Å². The van der Waals surface area contributed by atoms with Crippen molar-refractivity contribution in [3.63, 3.8) is 0 Å². The van der Waals surface area contributed by atoms with Crippen LogP contribution in [0, 0.1) is 24.7 Å². The van der Waals surface area contributed by atoms with Crippen LogP contribution >= 0.6 is 0 Å². The van der Waals surface area contributed by atoms with Gasteiger partial charge in [-0.25, -0.2) is 18.3 Å². The molecule has 18 heteroatoms. The van der Waals surface area contributed by atoms with Gasteiger partial charge in [-0.1, -0.05) is 17.9 Å². The maximum absolute atomic E-state index is 14.6. The van der Waals surface area contributed by atoms with Crippen LogP contribution in [0.1, 0.15) is 109 Å². The molecule has 3 aliphatic heterocycles. The van der Waals surface area contributed by atoms with Crippen molar-refractivity contribution in [1.82, 2.24) is 44.4 Å². The molecule has 0 spiro atoms. The molecule has 1 aliphatic carbocycles. The molecule has 0 radical (unpaired) electrons. The molecule has 9 rings (SSSR count). The van der Waals surface area contributed by atoms with Gasteiger partial charge in [0.05, 0.1) is 48.3 Å². The number of aromatic nitrogens is 7. The van der Waals surface area contributed by atoms with Crippen molar-refractivity contribution in [2.24, 2.45) is 11.7 Å². The summed E-state index contributed by atoms with van der Waals surface area (Å²) in [6.45, 7) is 5.88. The Bertz CT molecular complexity index is 2510. The van der Waals surface area contributed by atoms with E-state index in [9.17, 15) is 23.2 Å². The fourth-order valence-corrected chi connectivity index (χ4v) is 9.59. The van der Waals surface area contributed by atoms with Crippen LogP contribution in [0.15, 0.2) is 42.9 Å². The Labute approximate surface area is 350 Å². The first-order valence-corrected chi connectivity index (χ1v) is 21.1. The van der Waals surface area contributed by atoms with Gasteiger partial charge in [-0.15, -0.1) is 0 Å².